The molecule has 0 amide bonds. The van der Waals surface area contributed by atoms with E-state index in [0.29, 0.717) is 18.3 Å². The van der Waals surface area contributed by atoms with Crippen LogP contribution in [0.3, 0.4) is 0 Å². The lowest BCUT2D eigenvalue weighted by molar-refractivity contribution is 0.0729. The summed E-state index contributed by atoms with van der Waals surface area (Å²) in [5.74, 6) is 1.11. The summed E-state index contributed by atoms with van der Waals surface area (Å²) >= 11 is 5.64. The first-order chi connectivity index (χ1) is 7.25. The fourth-order valence-corrected chi connectivity index (χ4v) is 1.78. The van der Waals surface area contributed by atoms with Gasteiger partial charge in [0, 0.05) is 12.7 Å². The van der Waals surface area contributed by atoms with Crippen molar-refractivity contribution in [1.82, 2.24) is 9.97 Å². The zero-order chi connectivity index (χ0) is 10.7. The Balaban J connectivity index is 1.81. The summed E-state index contributed by atoms with van der Waals surface area (Å²) in [5.41, 5.74) is 0. The van der Waals surface area contributed by atoms with Crippen molar-refractivity contribution < 1.29 is 5.11 Å². The highest BCUT2D eigenvalue weighted by atomic mass is 35.5. The van der Waals surface area contributed by atoms with Gasteiger partial charge >= 0.3 is 0 Å². The molecule has 1 aliphatic rings. The minimum Gasteiger partial charge on any atom is -0.391 e. The molecule has 0 aliphatic heterocycles. The standard InChI is InChI=1S/C10H14ClN3O/c11-10-12-5-4-9(14-10)13-6-8(15)7-2-1-3-7/h4-5,7-8,15H,1-3,6H2,(H,12,13,14). The number of aliphatic hydroxyl groups is 1. The molecule has 1 fully saturated rings. The normalized spacial score (nSPS) is 18.3. The molecule has 0 bridgehead atoms. The first-order valence-corrected chi connectivity index (χ1v) is 5.54. The van der Waals surface area contributed by atoms with Crippen molar-refractivity contribution >= 4 is 17.4 Å². The minimum atomic E-state index is -0.285. The van der Waals surface area contributed by atoms with Crippen LogP contribution in [-0.2, 0) is 0 Å². The molecule has 1 saturated carbocycles. The Labute approximate surface area is 93.7 Å². The zero-order valence-electron chi connectivity index (χ0n) is 8.36. The van der Waals surface area contributed by atoms with E-state index < -0.39 is 0 Å². The summed E-state index contributed by atoms with van der Waals surface area (Å²) in [5, 5.41) is 13.0. The average molecular weight is 228 g/mol. The van der Waals surface area contributed by atoms with E-state index in [4.69, 9.17) is 11.6 Å². The number of hydrogen-bond donors (Lipinski definition) is 2. The number of anilines is 1. The Hall–Kier alpha value is -0.870. The summed E-state index contributed by atoms with van der Waals surface area (Å²) in [6, 6.07) is 1.74. The maximum Gasteiger partial charge on any atom is 0.224 e. The van der Waals surface area contributed by atoms with Crippen molar-refractivity contribution in [2.45, 2.75) is 25.4 Å². The highest BCUT2D eigenvalue weighted by Gasteiger charge is 2.25. The molecule has 82 valence electrons. The van der Waals surface area contributed by atoms with Gasteiger partial charge in [0.1, 0.15) is 5.82 Å². The summed E-state index contributed by atoms with van der Waals surface area (Å²) in [4.78, 5) is 7.76. The third kappa shape index (κ3) is 2.79. The Bertz CT molecular complexity index is 330. The lowest BCUT2D eigenvalue weighted by Crippen LogP contribution is -2.32. The van der Waals surface area contributed by atoms with Crippen molar-refractivity contribution in [3.8, 4) is 0 Å². The highest BCUT2D eigenvalue weighted by Crippen LogP contribution is 2.29. The lowest BCUT2D eigenvalue weighted by atomic mass is 9.81. The van der Waals surface area contributed by atoms with Crippen molar-refractivity contribution in [2.75, 3.05) is 11.9 Å². The maximum atomic E-state index is 9.76. The summed E-state index contributed by atoms with van der Waals surface area (Å²) < 4.78 is 0. The molecule has 1 aromatic heterocycles. The molecule has 1 atom stereocenters. The predicted octanol–water partition coefficient (Wildman–Crippen LogP) is 1.70. The molecule has 1 heterocycles. The number of aromatic nitrogens is 2. The topological polar surface area (TPSA) is 58.0 Å². The van der Waals surface area contributed by atoms with Crippen LogP contribution in [-0.4, -0.2) is 27.7 Å². The van der Waals surface area contributed by atoms with Gasteiger partial charge in [-0.05, 0) is 36.4 Å². The van der Waals surface area contributed by atoms with Gasteiger partial charge in [0.25, 0.3) is 0 Å². The maximum absolute atomic E-state index is 9.76. The molecule has 1 aliphatic carbocycles. The zero-order valence-corrected chi connectivity index (χ0v) is 9.11. The van der Waals surface area contributed by atoms with Gasteiger partial charge in [-0.2, -0.15) is 0 Å². The second-order valence-electron chi connectivity index (χ2n) is 3.85. The predicted molar refractivity (Wildman–Crippen MR) is 58.9 cm³/mol. The molecule has 0 radical (unpaired) electrons. The van der Waals surface area contributed by atoms with Crippen molar-refractivity contribution in [3.05, 3.63) is 17.5 Å². The van der Waals surface area contributed by atoms with E-state index in [9.17, 15) is 5.11 Å². The largest absolute Gasteiger partial charge is 0.391 e. The number of halogens is 1. The van der Waals surface area contributed by atoms with Crippen LogP contribution in [0.5, 0.6) is 0 Å². The van der Waals surface area contributed by atoms with Gasteiger partial charge in [0.05, 0.1) is 6.10 Å². The van der Waals surface area contributed by atoms with Gasteiger partial charge in [0.2, 0.25) is 5.28 Å². The molecule has 1 unspecified atom stereocenters. The van der Waals surface area contributed by atoms with E-state index >= 15 is 0 Å². The van der Waals surface area contributed by atoms with Crippen LogP contribution in [0.15, 0.2) is 12.3 Å². The minimum absolute atomic E-state index is 0.220. The number of nitrogens with one attached hydrogen (secondary N) is 1. The van der Waals surface area contributed by atoms with Crippen molar-refractivity contribution in [3.63, 3.8) is 0 Å². The molecular weight excluding hydrogens is 214 g/mol. The number of rotatable bonds is 4. The monoisotopic (exact) mass is 227 g/mol. The summed E-state index contributed by atoms with van der Waals surface area (Å²) in [6.07, 6.45) is 4.81. The number of hydrogen-bond acceptors (Lipinski definition) is 4. The van der Waals surface area contributed by atoms with Crippen LogP contribution >= 0.6 is 11.6 Å². The fraction of sp³-hybridized carbons (Fsp3) is 0.600. The van der Waals surface area contributed by atoms with Crippen LogP contribution < -0.4 is 5.32 Å². The second kappa shape index (κ2) is 4.77. The van der Waals surface area contributed by atoms with Gasteiger partial charge in [-0.1, -0.05) is 6.42 Å². The van der Waals surface area contributed by atoms with Crippen LogP contribution in [0.25, 0.3) is 0 Å². The molecule has 15 heavy (non-hydrogen) atoms. The Morgan fingerprint density at radius 3 is 3.00 bits per heavy atom. The van der Waals surface area contributed by atoms with E-state index in [1.54, 1.807) is 12.3 Å². The average Bonchev–Trinajstić information content (AvgIpc) is 2.12. The van der Waals surface area contributed by atoms with Crippen LogP contribution in [0.2, 0.25) is 5.28 Å². The van der Waals surface area contributed by atoms with Gasteiger partial charge in [-0.25, -0.2) is 9.97 Å². The molecule has 4 nitrogen and oxygen atoms in total. The van der Waals surface area contributed by atoms with E-state index in [-0.39, 0.29) is 11.4 Å². The molecule has 0 aromatic carbocycles. The van der Waals surface area contributed by atoms with Crippen molar-refractivity contribution in [1.29, 1.82) is 0 Å². The van der Waals surface area contributed by atoms with Gasteiger partial charge < -0.3 is 10.4 Å². The fourth-order valence-electron chi connectivity index (χ4n) is 1.63. The molecule has 1 aromatic rings. The second-order valence-corrected chi connectivity index (χ2v) is 4.19. The van der Waals surface area contributed by atoms with E-state index in [1.165, 1.54) is 6.42 Å². The molecule has 5 heteroatoms. The number of aliphatic hydroxyl groups excluding tert-OH is 1. The SMILES string of the molecule is OC(CNc1ccnc(Cl)n1)C1CCC1. The summed E-state index contributed by atoms with van der Waals surface area (Å²) in [6.45, 7) is 0.526. The molecule has 0 saturated heterocycles. The quantitative estimate of drug-likeness (QED) is 0.769. The Kier molecular flexibility index (Phi) is 3.38. The third-order valence-electron chi connectivity index (χ3n) is 2.81. The first kappa shape index (κ1) is 10.6. The van der Waals surface area contributed by atoms with Crippen LogP contribution in [0.1, 0.15) is 19.3 Å². The Morgan fingerprint density at radius 1 is 1.60 bits per heavy atom. The van der Waals surface area contributed by atoms with Gasteiger partial charge in [-0.15, -0.1) is 0 Å². The molecule has 0 spiro atoms. The van der Waals surface area contributed by atoms with E-state index in [2.05, 4.69) is 15.3 Å². The molecule has 2 N–H and O–H groups in total. The lowest BCUT2D eigenvalue weighted by Gasteiger charge is -2.30. The Morgan fingerprint density at radius 2 is 2.40 bits per heavy atom. The number of nitrogens with zero attached hydrogens (tertiary/aromatic N) is 2. The first-order valence-electron chi connectivity index (χ1n) is 5.16. The smallest absolute Gasteiger partial charge is 0.224 e. The van der Waals surface area contributed by atoms with E-state index in [1.807, 2.05) is 0 Å². The summed E-state index contributed by atoms with van der Waals surface area (Å²) in [7, 11) is 0. The third-order valence-corrected chi connectivity index (χ3v) is 2.99. The van der Waals surface area contributed by atoms with Gasteiger partial charge in [0.15, 0.2) is 0 Å². The molecule has 2 rings (SSSR count). The van der Waals surface area contributed by atoms with Crippen molar-refractivity contribution in [2.24, 2.45) is 5.92 Å². The molecular formula is C10H14ClN3O. The van der Waals surface area contributed by atoms with Gasteiger partial charge in [-0.3, -0.25) is 0 Å². The van der Waals surface area contributed by atoms with Crippen LogP contribution in [0.4, 0.5) is 5.82 Å². The van der Waals surface area contributed by atoms with Crippen LogP contribution in [0, 0.1) is 5.92 Å². The highest BCUT2D eigenvalue weighted by molar-refractivity contribution is 6.28. The van der Waals surface area contributed by atoms with E-state index in [0.717, 1.165) is 12.8 Å².